The standard InChI is InChI=1S/C25H17N2P/c1-28-26-12-10-18-14-16-6-2-4-8-20(16)22(24(18)26)23-21-9-5-3-7-17(21)15-19-11-13-27(28)25(19)23/h2-15H,1H3. The van der Waals surface area contributed by atoms with Crippen LogP contribution in [0.2, 0.25) is 0 Å². The van der Waals surface area contributed by atoms with Gasteiger partial charge in [-0.25, -0.2) is 0 Å². The lowest BCUT2D eigenvalue weighted by molar-refractivity contribution is 1.30. The summed E-state index contributed by atoms with van der Waals surface area (Å²) >= 11 is 0. The zero-order valence-corrected chi connectivity index (χ0v) is 16.3. The molecule has 28 heavy (non-hydrogen) atoms. The van der Waals surface area contributed by atoms with E-state index in [4.69, 9.17) is 0 Å². The Bertz CT molecular complexity index is 1600. The van der Waals surface area contributed by atoms with E-state index in [2.05, 4.69) is 100 Å². The molecule has 3 heteroatoms. The van der Waals surface area contributed by atoms with Crippen molar-refractivity contribution in [2.24, 2.45) is 6.66 Å². The van der Waals surface area contributed by atoms with Crippen LogP contribution < -0.4 is 0 Å². The van der Waals surface area contributed by atoms with Crippen LogP contribution in [0.5, 0.6) is 0 Å². The van der Waals surface area contributed by atoms with E-state index in [1.807, 2.05) is 0 Å². The van der Waals surface area contributed by atoms with E-state index in [9.17, 15) is 0 Å². The van der Waals surface area contributed by atoms with Crippen molar-refractivity contribution < 1.29 is 0 Å². The van der Waals surface area contributed by atoms with Gasteiger partial charge in [0.15, 0.2) is 0 Å². The Morgan fingerprint density at radius 2 is 1.04 bits per heavy atom. The lowest BCUT2D eigenvalue weighted by Crippen LogP contribution is -1.83. The molecule has 0 aliphatic rings. The lowest BCUT2D eigenvalue weighted by atomic mass is 9.96. The largest absolute Gasteiger partial charge is 0.293 e. The first-order chi connectivity index (χ1) is 13.8. The summed E-state index contributed by atoms with van der Waals surface area (Å²) in [7, 11) is -0.532. The van der Waals surface area contributed by atoms with Crippen LogP contribution in [-0.4, -0.2) is 8.33 Å². The van der Waals surface area contributed by atoms with Crippen molar-refractivity contribution in [3.8, 4) is 0 Å². The second-order valence-corrected chi connectivity index (χ2v) is 9.47. The van der Waals surface area contributed by atoms with Crippen LogP contribution in [0.15, 0.2) is 85.2 Å². The van der Waals surface area contributed by atoms with Gasteiger partial charge < -0.3 is 0 Å². The van der Waals surface area contributed by atoms with Crippen LogP contribution in [-0.2, 0) is 6.66 Å². The molecule has 0 unspecified atom stereocenters. The number of rotatable bonds is 0. The van der Waals surface area contributed by atoms with Gasteiger partial charge in [-0.15, -0.1) is 0 Å². The fraction of sp³-hybridized carbons (Fsp3) is 0.0400. The number of nitrogens with zero attached hydrogens (tertiary/aromatic N) is 2. The summed E-state index contributed by atoms with van der Waals surface area (Å²) in [6.45, 7) is 2.36. The van der Waals surface area contributed by atoms with Gasteiger partial charge in [0, 0.05) is 48.5 Å². The quantitative estimate of drug-likeness (QED) is 0.262. The Kier molecular flexibility index (Phi) is 2.63. The molecule has 0 saturated heterocycles. The molecule has 0 radical (unpaired) electrons. The zero-order chi connectivity index (χ0) is 18.4. The van der Waals surface area contributed by atoms with E-state index >= 15 is 0 Å². The number of benzene rings is 4. The summed E-state index contributed by atoms with van der Waals surface area (Å²) in [5.74, 6) is 0. The average Bonchev–Trinajstić information content (AvgIpc) is 3.31. The summed E-state index contributed by atoms with van der Waals surface area (Å²) in [6.07, 6.45) is 4.55. The Morgan fingerprint density at radius 3 is 1.54 bits per heavy atom. The Labute approximate surface area is 162 Å². The first-order valence-electron chi connectivity index (χ1n) is 9.61. The summed E-state index contributed by atoms with van der Waals surface area (Å²) in [4.78, 5) is 0. The van der Waals surface area contributed by atoms with Gasteiger partial charge >= 0.3 is 0 Å². The smallest absolute Gasteiger partial charge is 0.0655 e. The van der Waals surface area contributed by atoms with Crippen LogP contribution in [0.3, 0.4) is 0 Å². The minimum Gasteiger partial charge on any atom is -0.293 e. The molecule has 0 spiro atoms. The monoisotopic (exact) mass is 376 g/mol. The molecule has 7 aromatic rings. The highest BCUT2D eigenvalue weighted by atomic mass is 31.1. The second-order valence-electron chi connectivity index (χ2n) is 7.63. The molecular formula is C25H17N2P. The van der Waals surface area contributed by atoms with Gasteiger partial charge in [-0.2, -0.15) is 0 Å². The molecule has 0 bridgehead atoms. The summed E-state index contributed by atoms with van der Waals surface area (Å²) in [5, 5.41) is 10.7. The van der Waals surface area contributed by atoms with Gasteiger partial charge in [0.1, 0.15) is 0 Å². The highest BCUT2D eigenvalue weighted by molar-refractivity contribution is 7.40. The number of aryl methyl sites for hydroxylation is 1. The Morgan fingerprint density at radius 1 is 0.571 bits per heavy atom. The third-order valence-corrected chi connectivity index (χ3v) is 8.14. The van der Waals surface area contributed by atoms with E-state index in [1.54, 1.807) is 0 Å². The highest BCUT2D eigenvalue weighted by Crippen LogP contribution is 2.43. The summed E-state index contributed by atoms with van der Waals surface area (Å²) < 4.78 is 5.00. The maximum absolute atomic E-state index is 2.50. The third kappa shape index (κ3) is 1.66. The second kappa shape index (κ2) is 4.98. The minimum atomic E-state index is -0.532. The molecular weight excluding hydrogens is 359 g/mol. The molecule has 0 aliphatic heterocycles. The molecule has 0 amide bonds. The molecule has 0 saturated carbocycles. The number of hydrogen-bond donors (Lipinski definition) is 0. The van der Waals surface area contributed by atoms with E-state index in [0.717, 1.165) is 0 Å². The maximum atomic E-state index is 2.50. The zero-order valence-electron chi connectivity index (χ0n) is 15.4. The maximum Gasteiger partial charge on any atom is 0.0655 e. The minimum absolute atomic E-state index is 0.532. The van der Waals surface area contributed by atoms with Crippen molar-refractivity contribution in [1.82, 2.24) is 8.33 Å². The first-order valence-corrected chi connectivity index (χ1v) is 11.3. The summed E-state index contributed by atoms with van der Waals surface area (Å²) in [5.41, 5.74) is 2.74. The normalized spacial score (nSPS) is 12.5. The molecule has 0 atom stereocenters. The fourth-order valence-corrected chi connectivity index (χ4v) is 6.74. The van der Waals surface area contributed by atoms with Gasteiger partial charge in [0.25, 0.3) is 0 Å². The molecule has 132 valence electrons. The van der Waals surface area contributed by atoms with E-state index in [0.29, 0.717) is 0 Å². The van der Waals surface area contributed by atoms with Crippen molar-refractivity contribution in [3.63, 3.8) is 0 Å². The van der Waals surface area contributed by atoms with Crippen LogP contribution in [0.25, 0.3) is 54.1 Å². The van der Waals surface area contributed by atoms with Gasteiger partial charge in [0.2, 0.25) is 0 Å². The van der Waals surface area contributed by atoms with Gasteiger partial charge in [-0.3, -0.25) is 8.33 Å². The van der Waals surface area contributed by atoms with Crippen molar-refractivity contribution in [2.75, 3.05) is 0 Å². The van der Waals surface area contributed by atoms with E-state index in [-0.39, 0.29) is 0 Å². The van der Waals surface area contributed by atoms with E-state index < -0.39 is 7.85 Å². The average molecular weight is 376 g/mol. The third-order valence-electron chi connectivity index (χ3n) is 6.23. The SMILES string of the molecule is Cp1n2ccc3cc4ccccc4c(c4c5ccccc5cc5ccn1c54)c32. The van der Waals surface area contributed by atoms with Crippen LogP contribution in [0, 0.1) is 0 Å². The molecule has 0 N–H and O–H groups in total. The van der Waals surface area contributed by atoms with Gasteiger partial charge in [-0.1, -0.05) is 48.5 Å². The highest BCUT2D eigenvalue weighted by Gasteiger charge is 2.17. The molecule has 7 rings (SSSR count). The van der Waals surface area contributed by atoms with Gasteiger partial charge in [-0.05, 0) is 45.8 Å². The molecule has 3 aromatic heterocycles. The topological polar surface area (TPSA) is 8.82 Å². The van der Waals surface area contributed by atoms with Crippen LogP contribution in [0.1, 0.15) is 0 Å². The predicted octanol–water partition coefficient (Wildman–Crippen LogP) is 7.33. The Balaban J connectivity index is 2.04. The molecule has 3 heterocycles. The van der Waals surface area contributed by atoms with Crippen molar-refractivity contribution in [2.45, 2.75) is 0 Å². The van der Waals surface area contributed by atoms with Crippen LogP contribution >= 0.6 is 7.85 Å². The van der Waals surface area contributed by atoms with Crippen LogP contribution in [0.4, 0.5) is 0 Å². The number of fused-ring (bicyclic) bond motifs is 5. The van der Waals surface area contributed by atoms with E-state index in [1.165, 1.54) is 54.1 Å². The Hall–Kier alpha value is -3.22. The number of hydrogen-bond acceptors (Lipinski definition) is 0. The molecule has 4 aromatic carbocycles. The lowest BCUT2D eigenvalue weighted by Gasteiger charge is -2.08. The number of aromatic nitrogens is 2. The summed E-state index contributed by atoms with van der Waals surface area (Å²) in [6, 6.07) is 26.9. The molecule has 2 nitrogen and oxygen atoms in total. The van der Waals surface area contributed by atoms with Crippen molar-refractivity contribution in [3.05, 3.63) is 85.2 Å². The first kappa shape index (κ1) is 14.8. The predicted molar refractivity (Wildman–Crippen MR) is 122 cm³/mol. The van der Waals surface area contributed by atoms with Crippen molar-refractivity contribution >= 4 is 62.0 Å². The van der Waals surface area contributed by atoms with Gasteiger partial charge in [0.05, 0.1) is 11.0 Å². The van der Waals surface area contributed by atoms with Crippen molar-refractivity contribution in [1.29, 1.82) is 0 Å². The fourth-order valence-electron chi connectivity index (χ4n) is 5.01. The molecule has 0 fully saturated rings. The molecule has 0 aliphatic carbocycles.